The van der Waals surface area contributed by atoms with Gasteiger partial charge in [0.25, 0.3) is 0 Å². The van der Waals surface area contributed by atoms with Gasteiger partial charge >= 0.3 is 0 Å². The second-order valence-corrected chi connectivity index (χ2v) is 6.84. The molecule has 1 heterocycles. The molecule has 2 rings (SSSR count). The second kappa shape index (κ2) is 7.26. The van der Waals surface area contributed by atoms with Crippen LogP contribution in [0.15, 0.2) is 23.1 Å². The Morgan fingerprint density at radius 2 is 2.10 bits per heavy atom. The molecule has 5 nitrogen and oxygen atoms in total. The average Bonchev–Trinajstić information content (AvgIpc) is 2.41. The van der Waals surface area contributed by atoms with Crippen molar-refractivity contribution in [2.75, 3.05) is 26.2 Å². The van der Waals surface area contributed by atoms with Gasteiger partial charge in [-0.05, 0) is 12.1 Å². The summed E-state index contributed by atoms with van der Waals surface area (Å²) < 4.78 is 31.7. The molecule has 0 radical (unpaired) electrons. The van der Waals surface area contributed by atoms with Gasteiger partial charge in [-0.2, -0.15) is 4.31 Å². The van der Waals surface area contributed by atoms with E-state index in [0.29, 0.717) is 6.61 Å². The highest BCUT2D eigenvalue weighted by Crippen LogP contribution is 2.31. The van der Waals surface area contributed by atoms with Gasteiger partial charge in [-0.15, -0.1) is 12.4 Å². The van der Waals surface area contributed by atoms with Gasteiger partial charge < -0.3 is 10.5 Å². The number of rotatable bonds is 3. The fourth-order valence-electron chi connectivity index (χ4n) is 1.88. The lowest BCUT2D eigenvalue weighted by molar-refractivity contribution is 0.00451. The zero-order valence-electron chi connectivity index (χ0n) is 10.5. The SMILES string of the molecule is Cl.NCC1CN(S(=O)(=O)c2cccc(Cl)c2Cl)CCO1. The van der Waals surface area contributed by atoms with Crippen LogP contribution in [-0.2, 0) is 14.8 Å². The summed E-state index contributed by atoms with van der Waals surface area (Å²) in [4.78, 5) is 0.0133. The number of nitrogens with two attached hydrogens (primary N) is 1. The molecule has 1 atom stereocenters. The molecule has 1 aromatic carbocycles. The zero-order chi connectivity index (χ0) is 14.0. The number of halogens is 3. The van der Waals surface area contributed by atoms with E-state index in [1.54, 1.807) is 12.1 Å². The van der Waals surface area contributed by atoms with Crippen LogP contribution >= 0.6 is 35.6 Å². The number of ether oxygens (including phenoxy) is 1. The zero-order valence-corrected chi connectivity index (χ0v) is 13.6. The first-order valence-electron chi connectivity index (χ1n) is 5.72. The molecule has 1 fully saturated rings. The Balaban J connectivity index is 0.00000200. The lowest BCUT2D eigenvalue weighted by Gasteiger charge is -2.31. The summed E-state index contributed by atoms with van der Waals surface area (Å²) in [6.45, 7) is 1.10. The lowest BCUT2D eigenvalue weighted by atomic mass is 10.3. The van der Waals surface area contributed by atoms with E-state index in [9.17, 15) is 8.42 Å². The smallest absolute Gasteiger partial charge is 0.244 e. The van der Waals surface area contributed by atoms with Gasteiger partial charge in [-0.25, -0.2) is 8.42 Å². The Morgan fingerprint density at radius 3 is 2.75 bits per heavy atom. The summed E-state index contributed by atoms with van der Waals surface area (Å²) in [6, 6.07) is 4.54. The second-order valence-electron chi connectivity index (χ2n) is 4.14. The molecule has 20 heavy (non-hydrogen) atoms. The fourth-order valence-corrected chi connectivity index (χ4v) is 4.07. The van der Waals surface area contributed by atoms with E-state index in [1.165, 1.54) is 10.4 Å². The summed E-state index contributed by atoms with van der Waals surface area (Å²) >= 11 is 11.8. The highest BCUT2D eigenvalue weighted by molar-refractivity contribution is 7.89. The van der Waals surface area contributed by atoms with Crippen LogP contribution in [0.4, 0.5) is 0 Å². The summed E-state index contributed by atoms with van der Waals surface area (Å²) in [6.07, 6.45) is -0.290. The van der Waals surface area contributed by atoms with Crippen LogP contribution in [0.3, 0.4) is 0 Å². The largest absolute Gasteiger partial charge is 0.374 e. The first kappa shape index (κ1) is 18.0. The van der Waals surface area contributed by atoms with E-state index in [2.05, 4.69) is 0 Å². The molecule has 1 unspecified atom stereocenters. The van der Waals surface area contributed by atoms with Crippen molar-refractivity contribution in [3.63, 3.8) is 0 Å². The Bertz CT molecular complexity index is 568. The van der Waals surface area contributed by atoms with E-state index < -0.39 is 10.0 Å². The van der Waals surface area contributed by atoms with Crippen molar-refractivity contribution in [1.29, 1.82) is 0 Å². The quantitative estimate of drug-likeness (QED) is 0.890. The monoisotopic (exact) mass is 360 g/mol. The van der Waals surface area contributed by atoms with E-state index in [4.69, 9.17) is 33.7 Å². The van der Waals surface area contributed by atoms with Crippen molar-refractivity contribution in [2.24, 2.45) is 5.73 Å². The predicted molar refractivity (Wildman–Crippen MR) is 81.3 cm³/mol. The number of benzene rings is 1. The molecular weight excluding hydrogens is 347 g/mol. The minimum absolute atomic E-state index is 0. The van der Waals surface area contributed by atoms with E-state index >= 15 is 0 Å². The molecule has 1 aliphatic rings. The van der Waals surface area contributed by atoms with Crippen LogP contribution in [0.25, 0.3) is 0 Å². The molecule has 1 saturated heterocycles. The summed E-state index contributed by atoms with van der Waals surface area (Å²) in [5, 5.41) is 0.256. The normalized spacial score (nSPS) is 20.4. The Labute approximate surface area is 134 Å². The Hall–Kier alpha value is -0.0800. The third-order valence-corrected chi connectivity index (χ3v) is 5.74. The molecule has 0 aliphatic carbocycles. The van der Waals surface area contributed by atoms with Crippen molar-refractivity contribution in [1.82, 2.24) is 4.31 Å². The van der Waals surface area contributed by atoms with Gasteiger partial charge in [0.05, 0.1) is 22.8 Å². The maximum atomic E-state index is 12.5. The average molecular weight is 362 g/mol. The minimum atomic E-state index is -3.68. The Kier molecular flexibility index (Phi) is 6.53. The number of sulfonamides is 1. The number of morpholine rings is 1. The van der Waals surface area contributed by atoms with E-state index in [-0.39, 0.29) is 53.1 Å². The van der Waals surface area contributed by atoms with E-state index in [0.717, 1.165) is 0 Å². The van der Waals surface area contributed by atoms with Gasteiger partial charge in [0.2, 0.25) is 10.0 Å². The molecule has 0 spiro atoms. The van der Waals surface area contributed by atoms with Crippen molar-refractivity contribution in [3.05, 3.63) is 28.2 Å². The highest BCUT2D eigenvalue weighted by atomic mass is 35.5. The molecule has 0 saturated carbocycles. The summed E-state index contributed by atoms with van der Waals surface area (Å²) in [5.41, 5.74) is 5.51. The molecular formula is C11H15Cl3N2O3S. The van der Waals surface area contributed by atoms with Crippen LogP contribution < -0.4 is 5.73 Å². The van der Waals surface area contributed by atoms with Crippen LogP contribution in [-0.4, -0.2) is 45.1 Å². The molecule has 114 valence electrons. The van der Waals surface area contributed by atoms with E-state index in [1.807, 2.05) is 0 Å². The van der Waals surface area contributed by atoms with Gasteiger partial charge in [0.15, 0.2) is 0 Å². The van der Waals surface area contributed by atoms with Crippen molar-refractivity contribution < 1.29 is 13.2 Å². The highest BCUT2D eigenvalue weighted by Gasteiger charge is 2.32. The fraction of sp³-hybridized carbons (Fsp3) is 0.455. The van der Waals surface area contributed by atoms with Gasteiger partial charge in [-0.3, -0.25) is 0 Å². The summed E-state index contributed by atoms with van der Waals surface area (Å²) in [7, 11) is -3.68. The summed E-state index contributed by atoms with van der Waals surface area (Å²) in [5.74, 6) is 0. The topological polar surface area (TPSA) is 72.6 Å². The molecule has 0 amide bonds. The predicted octanol–water partition coefficient (Wildman–Crippen LogP) is 1.76. The maximum absolute atomic E-state index is 12.5. The number of nitrogens with zero attached hydrogens (tertiary/aromatic N) is 1. The Morgan fingerprint density at radius 1 is 1.40 bits per heavy atom. The standard InChI is InChI=1S/C11H14Cl2N2O3S.ClH/c12-9-2-1-3-10(11(9)13)19(16,17)15-4-5-18-8(6-14)7-15;/h1-3,8H,4-7,14H2;1H. The minimum Gasteiger partial charge on any atom is -0.374 e. The first-order valence-corrected chi connectivity index (χ1v) is 7.92. The van der Waals surface area contributed by atoms with Crippen molar-refractivity contribution >= 4 is 45.6 Å². The molecule has 9 heteroatoms. The van der Waals surface area contributed by atoms with Gasteiger partial charge in [-0.1, -0.05) is 29.3 Å². The van der Waals surface area contributed by atoms with Crippen LogP contribution in [0.5, 0.6) is 0 Å². The van der Waals surface area contributed by atoms with Crippen LogP contribution in [0, 0.1) is 0 Å². The number of hydrogen-bond acceptors (Lipinski definition) is 4. The third-order valence-electron chi connectivity index (χ3n) is 2.90. The lowest BCUT2D eigenvalue weighted by Crippen LogP contribution is -2.48. The van der Waals surface area contributed by atoms with Crippen molar-refractivity contribution in [2.45, 2.75) is 11.0 Å². The number of hydrogen-bond donors (Lipinski definition) is 1. The molecule has 2 N–H and O–H groups in total. The molecule has 1 aliphatic heterocycles. The van der Waals surface area contributed by atoms with Crippen molar-refractivity contribution in [3.8, 4) is 0 Å². The molecule has 0 aromatic heterocycles. The third kappa shape index (κ3) is 3.57. The van der Waals surface area contributed by atoms with Gasteiger partial charge in [0.1, 0.15) is 4.90 Å². The van der Waals surface area contributed by atoms with Crippen LogP contribution in [0.2, 0.25) is 10.0 Å². The molecule has 0 bridgehead atoms. The maximum Gasteiger partial charge on any atom is 0.244 e. The van der Waals surface area contributed by atoms with Crippen LogP contribution in [0.1, 0.15) is 0 Å². The first-order chi connectivity index (χ1) is 8.96. The molecule has 1 aromatic rings. The van der Waals surface area contributed by atoms with Gasteiger partial charge in [0, 0.05) is 19.6 Å².